The van der Waals surface area contributed by atoms with Crippen molar-refractivity contribution in [2.24, 2.45) is 0 Å². The highest BCUT2D eigenvalue weighted by molar-refractivity contribution is 7.13. The van der Waals surface area contributed by atoms with Gasteiger partial charge in [-0.1, -0.05) is 29.8 Å². The van der Waals surface area contributed by atoms with Crippen molar-refractivity contribution in [3.63, 3.8) is 0 Å². The molecule has 0 fully saturated rings. The molecular formula is C15H17NO2S. The Morgan fingerprint density at radius 1 is 1.21 bits per heavy atom. The maximum absolute atomic E-state index is 11.8. The molecule has 0 bridgehead atoms. The van der Waals surface area contributed by atoms with E-state index in [1.165, 1.54) is 11.3 Å². The number of rotatable bonds is 4. The number of carbonyl (C=O) groups excluding carboxylic acids is 1. The summed E-state index contributed by atoms with van der Waals surface area (Å²) in [4.78, 5) is 13.6. The Morgan fingerprint density at radius 3 is 2.47 bits per heavy atom. The van der Waals surface area contributed by atoms with Crippen LogP contribution in [0, 0.1) is 13.8 Å². The number of aryl methyl sites for hydroxylation is 2. The number of hydrogen-bond acceptors (Lipinski definition) is 3. The number of thiophene rings is 1. The Kier molecular flexibility index (Phi) is 4.35. The van der Waals surface area contributed by atoms with Crippen molar-refractivity contribution < 1.29 is 9.90 Å². The van der Waals surface area contributed by atoms with E-state index in [0.717, 1.165) is 16.0 Å². The highest BCUT2D eigenvalue weighted by Gasteiger charge is 2.11. The fourth-order valence-electron chi connectivity index (χ4n) is 1.74. The van der Waals surface area contributed by atoms with Crippen LogP contribution < -0.4 is 5.32 Å². The molecule has 2 rings (SSSR count). The summed E-state index contributed by atoms with van der Waals surface area (Å²) < 4.78 is 0. The van der Waals surface area contributed by atoms with E-state index < -0.39 is 6.10 Å². The number of nitrogens with one attached hydrogen (secondary N) is 1. The Balaban J connectivity index is 1.91. The Labute approximate surface area is 116 Å². The molecule has 1 aromatic carbocycles. The van der Waals surface area contributed by atoms with Gasteiger partial charge in [0.05, 0.1) is 11.0 Å². The molecule has 100 valence electrons. The molecule has 3 nitrogen and oxygen atoms in total. The van der Waals surface area contributed by atoms with Crippen LogP contribution in [0.4, 0.5) is 0 Å². The van der Waals surface area contributed by atoms with Gasteiger partial charge in [-0.3, -0.25) is 4.79 Å². The Morgan fingerprint density at radius 2 is 1.89 bits per heavy atom. The first kappa shape index (κ1) is 13.8. The average molecular weight is 275 g/mol. The number of carbonyl (C=O) groups is 1. The number of aliphatic hydroxyl groups excluding tert-OH is 1. The van der Waals surface area contributed by atoms with Gasteiger partial charge in [-0.2, -0.15) is 0 Å². The third kappa shape index (κ3) is 3.66. The second-order valence-corrected chi connectivity index (χ2v) is 5.83. The van der Waals surface area contributed by atoms with Crippen molar-refractivity contribution in [2.75, 3.05) is 6.54 Å². The summed E-state index contributed by atoms with van der Waals surface area (Å²) in [7, 11) is 0. The van der Waals surface area contributed by atoms with Gasteiger partial charge in [-0.25, -0.2) is 0 Å². The molecule has 0 aliphatic heterocycles. The lowest BCUT2D eigenvalue weighted by Crippen LogP contribution is -2.27. The van der Waals surface area contributed by atoms with Gasteiger partial charge in [0.15, 0.2) is 0 Å². The second kappa shape index (κ2) is 5.99. The van der Waals surface area contributed by atoms with Crippen LogP contribution in [-0.4, -0.2) is 17.6 Å². The first-order valence-electron chi connectivity index (χ1n) is 6.15. The molecule has 2 N–H and O–H groups in total. The van der Waals surface area contributed by atoms with Gasteiger partial charge < -0.3 is 10.4 Å². The summed E-state index contributed by atoms with van der Waals surface area (Å²) in [5.41, 5.74) is 1.96. The van der Waals surface area contributed by atoms with Crippen molar-refractivity contribution in [3.8, 4) is 0 Å². The van der Waals surface area contributed by atoms with E-state index in [4.69, 9.17) is 0 Å². The van der Waals surface area contributed by atoms with Crippen LogP contribution in [0.1, 0.15) is 31.8 Å². The summed E-state index contributed by atoms with van der Waals surface area (Å²) in [5, 5.41) is 12.7. The van der Waals surface area contributed by atoms with Gasteiger partial charge in [0.25, 0.3) is 5.91 Å². The highest BCUT2D eigenvalue weighted by atomic mass is 32.1. The van der Waals surface area contributed by atoms with Gasteiger partial charge in [0.2, 0.25) is 0 Å². The van der Waals surface area contributed by atoms with E-state index in [9.17, 15) is 9.90 Å². The molecule has 0 spiro atoms. The van der Waals surface area contributed by atoms with Crippen molar-refractivity contribution in [2.45, 2.75) is 20.0 Å². The van der Waals surface area contributed by atoms with Gasteiger partial charge >= 0.3 is 0 Å². The lowest BCUT2D eigenvalue weighted by molar-refractivity contribution is 0.0920. The molecular weight excluding hydrogens is 258 g/mol. The molecule has 1 unspecified atom stereocenters. The minimum absolute atomic E-state index is 0.135. The van der Waals surface area contributed by atoms with Crippen LogP contribution in [0.15, 0.2) is 36.4 Å². The zero-order chi connectivity index (χ0) is 13.8. The van der Waals surface area contributed by atoms with Gasteiger partial charge in [0, 0.05) is 11.4 Å². The van der Waals surface area contributed by atoms with E-state index in [2.05, 4.69) is 5.32 Å². The molecule has 1 heterocycles. The number of hydrogen-bond donors (Lipinski definition) is 2. The summed E-state index contributed by atoms with van der Waals surface area (Å²) in [6, 6.07) is 11.4. The van der Waals surface area contributed by atoms with Gasteiger partial charge in [-0.15, -0.1) is 11.3 Å². The number of benzene rings is 1. The first-order chi connectivity index (χ1) is 9.06. The summed E-state index contributed by atoms with van der Waals surface area (Å²) in [6.07, 6.45) is -0.675. The third-order valence-electron chi connectivity index (χ3n) is 2.88. The van der Waals surface area contributed by atoms with Crippen molar-refractivity contribution in [1.29, 1.82) is 0 Å². The van der Waals surface area contributed by atoms with E-state index in [0.29, 0.717) is 4.88 Å². The molecule has 0 aliphatic rings. The minimum atomic E-state index is -0.675. The molecule has 1 amide bonds. The highest BCUT2D eigenvalue weighted by Crippen LogP contribution is 2.16. The Hall–Kier alpha value is -1.65. The van der Waals surface area contributed by atoms with Crippen molar-refractivity contribution >= 4 is 17.2 Å². The van der Waals surface area contributed by atoms with Crippen LogP contribution in [0.3, 0.4) is 0 Å². The largest absolute Gasteiger partial charge is 0.387 e. The van der Waals surface area contributed by atoms with E-state index in [-0.39, 0.29) is 12.5 Å². The summed E-state index contributed by atoms with van der Waals surface area (Å²) in [5.74, 6) is -0.135. The molecule has 0 saturated heterocycles. The SMILES string of the molecule is Cc1ccc(C(O)CNC(=O)c2ccc(C)s2)cc1. The standard InChI is InChI=1S/C15H17NO2S/c1-10-3-6-12(7-4-10)13(17)9-16-15(18)14-8-5-11(2)19-14/h3-8,13,17H,9H2,1-2H3,(H,16,18). The minimum Gasteiger partial charge on any atom is -0.387 e. The summed E-state index contributed by atoms with van der Waals surface area (Å²) >= 11 is 1.45. The second-order valence-electron chi connectivity index (χ2n) is 4.55. The fourth-order valence-corrected chi connectivity index (χ4v) is 2.52. The quantitative estimate of drug-likeness (QED) is 0.901. The maximum atomic E-state index is 11.8. The van der Waals surface area contributed by atoms with Crippen molar-refractivity contribution in [3.05, 3.63) is 57.3 Å². The Bertz CT molecular complexity index is 560. The molecule has 0 saturated carbocycles. The van der Waals surface area contributed by atoms with Gasteiger partial charge in [0.1, 0.15) is 0 Å². The predicted molar refractivity (Wildman–Crippen MR) is 77.5 cm³/mol. The zero-order valence-corrected chi connectivity index (χ0v) is 11.8. The maximum Gasteiger partial charge on any atom is 0.261 e. The van der Waals surface area contributed by atoms with E-state index in [1.807, 2.05) is 44.2 Å². The van der Waals surface area contributed by atoms with Crippen LogP contribution >= 0.6 is 11.3 Å². The average Bonchev–Trinajstić information content (AvgIpc) is 2.83. The predicted octanol–water partition coefficient (Wildman–Crippen LogP) is 2.83. The lowest BCUT2D eigenvalue weighted by atomic mass is 10.1. The third-order valence-corrected chi connectivity index (χ3v) is 3.88. The smallest absolute Gasteiger partial charge is 0.261 e. The molecule has 0 aliphatic carbocycles. The van der Waals surface area contributed by atoms with Crippen LogP contribution in [0.2, 0.25) is 0 Å². The van der Waals surface area contributed by atoms with E-state index in [1.54, 1.807) is 6.07 Å². The van der Waals surface area contributed by atoms with Gasteiger partial charge in [-0.05, 0) is 31.5 Å². The van der Waals surface area contributed by atoms with Crippen LogP contribution in [-0.2, 0) is 0 Å². The monoisotopic (exact) mass is 275 g/mol. The van der Waals surface area contributed by atoms with Crippen LogP contribution in [0.5, 0.6) is 0 Å². The van der Waals surface area contributed by atoms with E-state index >= 15 is 0 Å². The molecule has 1 aromatic heterocycles. The molecule has 4 heteroatoms. The topological polar surface area (TPSA) is 49.3 Å². The fraction of sp³-hybridized carbons (Fsp3) is 0.267. The normalized spacial score (nSPS) is 12.2. The molecule has 1 atom stereocenters. The van der Waals surface area contributed by atoms with Crippen molar-refractivity contribution in [1.82, 2.24) is 5.32 Å². The molecule has 2 aromatic rings. The summed E-state index contributed by atoms with van der Waals surface area (Å²) in [6.45, 7) is 4.18. The number of aliphatic hydroxyl groups is 1. The molecule has 0 radical (unpaired) electrons. The van der Waals surface area contributed by atoms with Crippen LogP contribution in [0.25, 0.3) is 0 Å². The number of amides is 1. The lowest BCUT2D eigenvalue weighted by Gasteiger charge is -2.12. The molecule has 19 heavy (non-hydrogen) atoms. The first-order valence-corrected chi connectivity index (χ1v) is 6.97. The zero-order valence-electron chi connectivity index (χ0n) is 11.0.